The monoisotopic (exact) mass is 1240 g/mol. The summed E-state index contributed by atoms with van der Waals surface area (Å²) < 4.78 is 53.8. The maximum absolute atomic E-state index is 12.9. The minimum Gasteiger partial charge on any atom is -0.462 e. The van der Waals surface area contributed by atoms with E-state index in [4.69, 9.17) is 44.0 Å². The van der Waals surface area contributed by atoms with E-state index in [1.807, 2.05) is 0 Å². The zero-order chi connectivity index (χ0) is 64.6. The summed E-state index contributed by atoms with van der Waals surface area (Å²) in [6.07, 6.45) is 61.2. The number of rotatable bonds is 67. The van der Waals surface area contributed by atoms with Crippen LogP contribution in [0.25, 0.3) is 0 Å². The molecular weight excluding hydrogens is 1100 g/mol. The van der Waals surface area contributed by atoms with Crippen molar-refractivity contribution in [2.24, 2.45) is 5.73 Å². The number of carbonyl (C=O) groups excluding carboxylic acids is 3. The van der Waals surface area contributed by atoms with E-state index in [0.29, 0.717) is 25.7 Å². The van der Waals surface area contributed by atoms with Crippen molar-refractivity contribution < 1.29 is 32.7 Å². The molecule has 0 aromatic carbocycles. The molecule has 0 spiro atoms. The summed E-state index contributed by atoms with van der Waals surface area (Å²) in [4.78, 5) is 38.2. The molecule has 488 valence electrons. The summed E-state index contributed by atoms with van der Waals surface area (Å²) in [5, 5.41) is 3.15. The largest absolute Gasteiger partial charge is 0.462 e. The number of nitrogens with one attached hydrogen (secondary N) is 1. The third-order valence-electron chi connectivity index (χ3n) is 16.3. The first-order valence-corrected chi connectivity index (χ1v) is 41.8. The average molecular weight is 1240 g/mol. The first-order valence-electron chi connectivity index (χ1n) is 37.8. The van der Waals surface area contributed by atoms with E-state index in [2.05, 4.69) is 39.9 Å². The Kier molecular flexibility index (Phi) is 64.2. The second-order valence-corrected chi connectivity index (χ2v) is 29.7. The van der Waals surface area contributed by atoms with Gasteiger partial charge in [0.2, 0.25) is 5.91 Å². The molecule has 6 unspecified atom stereocenters. The van der Waals surface area contributed by atoms with E-state index in [0.717, 1.165) is 96.3 Å². The van der Waals surface area contributed by atoms with Crippen molar-refractivity contribution in [2.45, 2.75) is 406 Å². The van der Waals surface area contributed by atoms with E-state index < -0.39 is 34.5 Å². The Bertz CT molecular complexity index is 1500. The third-order valence-corrected chi connectivity index (χ3v) is 18.1. The predicted molar refractivity (Wildman–Crippen MR) is 374 cm³/mol. The Morgan fingerprint density at radius 1 is 0.410 bits per heavy atom. The van der Waals surface area contributed by atoms with Crippen LogP contribution in [0.1, 0.15) is 381 Å². The highest BCUT2D eigenvalue weighted by molar-refractivity contribution is 7.71. The van der Waals surface area contributed by atoms with Crippen molar-refractivity contribution in [3.63, 3.8) is 0 Å². The average Bonchev–Trinajstić information content (AvgIpc) is 3.54. The molecule has 4 radical (unpaired) electrons. The highest BCUT2D eigenvalue weighted by Crippen LogP contribution is 2.21. The quantitative estimate of drug-likeness (QED) is 0.0267. The van der Waals surface area contributed by atoms with Crippen LogP contribution < -0.4 is 11.1 Å². The van der Waals surface area contributed by atoms with Crippen molar-refractivity contribution in [3.05, 3.63) is 0 Å². The number of hydrogen-bond donors (Lipinski definition) is 2. The Balaban J connectivity index is 0. The molecule has 8 atom stereocenters. The Morgan fingerprint density at radius 3 is 1.02 bits per heavy atom. The number of carbonyl (C=O) groups is 3. The molecule has 0 aliphatic carbocycles. The van der Waals surface area contributed by atoms with Crippen LogP contribution in [0.2, 0.25) is 0 Å². The molecule has 9 nitrogen and oxygen atoms in total. The lowest BCUT2D eigenvalue weighted by molar-refractivity contribution is -0.151. The lowest BCUT2D eigenvalue weighted by atomic mass is 10.0. The molecule has 0 saturated carbocycles. The molecule has 15 heteroatoms. The van der Waals surface area contributed by atoms with Gasteiger partial charge in [0.15, 0.2) is 0 Å². The molecule has 0 aromatic rings. The highest BCUT2D eigenvalue weighted by Gasteiger charge is 2.19. The van der Waals surface area contributed by atoms with E-state index in [1.165, 1.54) is 225 Å². The molecule has 0 aliphatic rings. The number of amides is 1. The van der Waals surface area contributed by atoms with E-state index in [1.54, 1.807) is 0 Å². The van der Waals surface area contributed by atoms with Gasteiger partial charge in [0.05, 0.1) is 30.1 Å². The van der Waals surface area contributed by atoms with Gasteiger partial charge in [0, 0.05) is 34.4 Å². The molecule has 3 N–H and O–H groups in total. The van der Waals surface area contributed by atoms with E-state index >= 15 is 0 Å². The number of unbranched alkanes of at least 4 members (excludes halogenated alkanes) is 38. The van der Waals surface area contributed by atoms with E-state index in [9.17, 15) is 14.4 Å². The number of esters is 2. The predicted octanol–water partition coefficient (Wildman–Crippen LogP) is 19.3. The lowest BCUT2D eigenvalue weighted by Crippen LogP contribution is -2.39. The molecule has 0 fully saturated rings. The third kappa shape index (κ3) is 69.1. The second kappa shape index (κ2) is 69.2. The van der Waals surface area contributed by atoms with Gasteiger partial charge in [-0.1, -0.05) is 279 Å². The van der Waals surface area contributed by atoms with Crippen LogP contribution in [0.3, 0.4) is 0 Å². The van der Waals surface area contributed by atoms with Gasteiger partial charge in [0.1, 0.15) is 29.2 Å². The topological polar surface area (TPSA) is 126 Å². The van der Waals surface area contributed by atoms with Crippen LogP contribution in [0.4, 0.5) is 0 Å². The van der Waals surface area contributed by atoms with Crippen molar-refractivity contribution in [1.82, 2.24) is 5.32 Å². The SMILES string of the molecule is [2H][Si]([B])(OC[C@@H](CCCC(CCCCCCCC)OC(=O)CCCCCCCCCCCC)NC(=O)CCCCCCCCCCCCC)P[3H].[2H][Si]([B])(OC[C@H](N)CCCC(CCCCCCCC)OC(=O)CCCCCCCCCCCC)P[3H]. The van der Waals surface area contributed by atoms with Gasteiger partial charge in [-0.15, -0.1) is 17.5 Å². The van der Waals surface area contributed by atoms with Gasteiger partial charge in [-0.3, -0.25) is 14.4 Å². The molecule has 1 amide bonds. The van der Waals surface area contributed by atoms with E-state index in [-0.39, 0.29) is 55.4 Å². The normalized spacial score (nSPS) is 15.3. The van der Waals surface area contributed by atoms with Crippen LogP contribution in [-0.4, -0.2) is 92.3 Å². The first-order chi connectivity index (χ1) is 42.1. The van der Waals surface area contributed by atoms with Crippen molar-refractivity contribution in [1.29, 1.82) is 5.03 Å². The van der Waals surface area contributed by atoms with Crippen LogP contribution in [0.15, 0.2) is 0 Å². The zero-order valence-corrected chi connectivity index (χ0v) is 59.5. The molecular formula is C68H140B2N2O7P2Si2. The molecule has 0 heterocycles. The summed E-state index contributed by atoms with van der Waals surface area (Å²) in [6.45, 7) is 11.6. The maximum atomic E-state index is 12.9. The van der Waals surface area contributed by atoms with Gasteiger partial charge in [-0.2, -0.15) is 0 Å². The van der Waals surface area contributed by atoms with Gasteiger partial charge < -0.3 is 29.4 Å². The van der Waals surface area contributed by atoms with Gasteiger partial charge >= 0.3 is 11.9 Å². The highest BCUT2D eigenvalue weighted by atomic mass is 31.3. The fraction of sp³-hybridized carbons (Fsp3) is 0.956. The molecule has 0 aliphatic heterocycles. The molecule has 83 heavy (non-hydrogen) atoms. The van der Waals surface area contributed by atoms with Crippen LogP contribution in [0, 0.1) is 0 Å². The second-order valence-electron chi connectivity index (χ2n) is 24.7. The number of ether oxygens (including phenoxy) is 2. The van der Waals surface area contributed by atoms with Crippen molar-refractivity contribution >= 4 is 67.2 Å². The fourth-order valence-electron chi connectivity index (χ4n) is 10.9. The molecule has 0 aromatic heterocycles. The summed E-state index contributed by atoms with van der Waals surface area (Å²) in [5.41, 5.74) is 6.13. The van der Waals surface area contributed by atoms with Gasteiger partial charge in [-0.25, -0.2) is 0 Å². The standard InChI is InChI=1S/C41H83BNO4PSi.C27H57BNO3PSi/c1-4-7-10-13-16-18-20-21-23-26-29-35-40(44)43-38(37-46-49(42)48)32-31-34-39(33-28-25-15-12-9-6-3)47-41(45)36-30-27-24-22-19-17-14-11-8-5-2;1-3-5-7-9-11-12-13-14-16-18-23-27(30)32-26(21-17-15-10-8-6-4-2)22-19-20-25(29)24-31-34(28)33/h38-39,49H,4-37,48H2,1-3H3,(H,43,44);25-26,34H,3-24,29,33H2,1-2H3/t38-,39?,49?;25-,26?,34?/m11/s1/i48T,49D;33T,34D/t38-,39?,48?,49?;25-,26?,33?,34?. The number of nitrogens with two attached hydrogens (primary N) is 1. The summed E-state index contributed by atoms with van der Waals surface area (Å²) in [6, 6.07) is -0.446. The summed E-state index contributed by atoms with van der Waals surface area (Å²) in [7, 11) is 4.35. The first kappa shape index (κ1) is 77.0. The summed E-state index contributed by atoms with van der Waals surface area (Å²) in [5.74, 6) is -0.105. The fourth-order valence-corrected chi connectivity index (χ4v) is 12.2. The van der Waals surface area contributed by atoms with Gasteiger partial charge in [0.25, 0.3) is 0 Å². The van der Waals surface area contributed by atoms with Crippen molar-refractivity contribution in [2.75, 3.05) is 13.2 Å². The minimum absolute atomic E-state index is 0.0219. The molecule has 0 bridgehead atoms. The van der Waals surface area contributed by atoms with Crippen LogP contribution in [0.5, 0.6) is 0 Å². The van der Waals surface area contributed by atoms with Crippen molar-refractivity contribution in [3.8, 4) is 0 Å². The maximum Gasteiger partial charge on any atom is 0.306 e. The summed E-state index contributed by atoms with van der Waals surface area (Å²) >= 11 is 0. The minimum atomic E-state index is -3.27. The lowest BCUT2D eigenvalue weighted by Gasteiger charge is -2.22. The van der Waals surface area contributed by atoms with Gasteiger partial charge in [-0.05, 0) is 83.5 Å². The Labute approximate surface area is 532 Å². The molecule has 0 rings (SSSR count). The Morgan fingerprint density at radius 2 is 0.687 bits per heavy atom. The number of hydrogen-bond acceptors (Lipinski definition) is 8. The Hall–Kier alpha value is -0.286. The molecule has 0 saturated heterocycles. The zero-order valence-electron chi connectivity index (χ0n) is 59.5. The van der Waals surface area contributed by atoms with Crippen LogP contribution >= 0.6 is 17.5 Å². The smallest absolute Gasteiger partial charge is 0.306 e. The van der Waals surface area contributed by atoms with Crippen LogP contribution in [-0.2, 0) is 32.7 Å².